The van der Waals surface area contributed by atoms with Gasteiger partial charge in [0.25, 0.3) is 0 Å². The Morgan fingerprint density at radius 3 is 2.61 bits per heavy atom. The minimum Gasteiger partial charge on any atom is -0.507 e. The predicted molar refractivity (Wildman–Crippen MR) is 111 cm³/mol. The van der Waals surface area contributed by atoms with Crippen molar-refractivity contribution in [1.29, 1.82) is 0 Å². The smallest absolute Gasteiger partial charge is 0.347 e. The van der Waals surface area contributed by atoms with E-state index in [1.165, 1.54) is 0 Å². The number of ether oxygens (including phenoxy) is 1. The zero-order valence-corrected chi connectivity index (χ0v) is 17.6. The first-order valence-electron chi connectivity index (χ1n) is 9.95. The molecule has 1 aromatic carbocycles. The quantitative estimate of drug-likeness (QED) is 0.588. The maximum absolute atomic E-state index is 12.9. The van der Waals surface area contributed by atoms with Gasteiger partial charge in [-0.25, -0.2) is 4.79 Å². The molecule has 1 aromatic heterocycles. The van der Waals surface area contributed by atoms with Crippen LogP contribution < -0.4 is 5.63 Å². The summed E-state index contributed by atoms with van der Waals surface area (Å²) in [5, 5.41) is 10.8. The summed E-state index contributed by atoms with van der Waals surface area (Å²) in [5.41, 5.74) is 0.174. The summed E-state index contributed by atoms with van der Waals surface area (Å²) in [7, 11) is 0. The molecule has 148 valence electrons. The van der Waals surface area contributed by atoms with Gasteiger partial charge in [0.05, 0.1) is 6.26 Å². The lowest BCUT2D eigenvalue weighted by Crippen LogP contribution is -2.32. The van der Waals surface area contributed by atoms with Crippen LogP contribution in [0.5, 0.6) is 5.75 Å². The molecule has 5 heteroatoms. The van der Waals surface area contributed by atoms with Crippen LogP contribution in [-0.4, -0.2) is 5.11 Å². The Morgan fingerprint density at radius 1 is 1.29 bits per heavy atom. The average Bonchev–Trinajstić information content (AvgIpc) is 3.35. The predicted octanol–water partition coefficient (Wildman–Crippen LogP) is 5.77. The highest BCUT2D eigenvalue weighted by Crippen LogP contribution is 2.48. The van der Waals surface area contributed by atoms with Crippen molar-refractivity contribution in [2.45, 2.75) is 57.0 Å². The van der Waals surface area contributed by atoms with Gasteiger partial charge in [-0.1, -0.05) is 47.8 Å². The Hall–Kier alpha value is -2.01. The first kappa shape index (κ1) is 19.3. The van der Waals surface area contributed by atoms with Crippen molar-refractivity contribution in [1.82, 2.24) is 0 Å². The maximum Gasteiger partial charge on any atom is 0.347 e. The molecule has 28 heavy (non-hydrogen) atoms. The number of rotatable bonds is 7. The van der Waals surface area contributed by atoms with Gasteiger partial charge in [0, 0.05) is 22.9 Å². The van der Waals surface area contributed by atoms with Crippen molar-refractivity contribution >= 4 is 15.9 Å². The number of hydrogen-bond acceptors (Lipinski definition) is 4. The van der Waals surface area contributed by atoms with E-state index in [0.29, 0.717) is 18.1 Å². The van der Waals surface area contributed by atoms with Gasteiger partial charge in [0.1, 0.15) is 22.7 Å². The summed E-state index contributed by atoms with van der Waals surface area (Å²) >= 11 is 3.45. The minimum absolute atomic E-state index is 0.00939. The molecule has 1 fully saturated rings. The van der Waals surface area contributed by atoms with E-state index in [9.17, 15) is 9.90 Å². The molecule has 1 aliphatic heterocycles. The first-order chi connectivity index (χ1) is 13.5. The fraction of sp³-hybridized carbons (Fsp3) is 0.435. The molecule has 0 bridgehead atoms. The van der Waals surface area contributed by atoms with Crippen molar-refractivity contribution in [3.63, 3.8) is 0 Å². The minimum atomic E-state index is -0.780. The van der Waals surface area contributed by atoms with Crippen molar-refractivity contribution < 1.29 is 14.3 Å². The standard InChI is InChI=1S/C23H25BrO4/c1-2-17(12-15-6-8-18(24)9-7-15)20-13-19(25)21(22(26)28-20)23(10-3-11-27-23)14-16-4-5-16/h3,6-9,11,13,16-17,25H,2,4-5,10,12,14H2,1H3. The molecule has 0 spiro atoms. The molecule has 2 unspecified atom stereocenters. The number of hydrogen-bond donors (Lipinski definition) is 1. The van der Waals surface area contributed by atoms with Gasteiger partial charge in [0.2, 0.25) is 0 Å². The second-order valence-corrected chi connectivity index (χ2v) is 8.88. The molecule has 1 aliphatic carbocycles. The van der Waals surface area contributed by atoms with E-state index >= 15 is 0 Å². The zero-order chi connectivity index (χ0) is 19.7. The van der Waals surface area contributed by atoms with Gasteiger partial charge in [0.15, 0.2) is 0 Å². The van der Waals surface area contributed by atoms with Crippen molar-refractivity contribution in [3.8, 4) is 5.75 Å². The lowest BCUT2D eigenvalue weighted by atomic mass is 9.85. The normalized spacial score (nSPS) is 22.2. The molecule has 4 rings (SSSR count). The molecule has 2 aliphatic rings. The molecule has 2 atom stereocenters. The van der Waals surface area contributed by atoms with E-state index in [1.54, 1.807) is 12.3 Å². The molecule has 0 saturated heterocycles. The highest BCUT2D eigenvalue weighted by molar-refractivity contribution is 9.10. The van der Waals surface area contributed by atoms with Gasteiger partial charge in [-0.3, -0.25) is 0 Å². The van der Waals surface area contributed by atoms with E-state index in [-0.39, 0.29) is 17.2 Å². The van der Waals surface area contributed by atoms with Crippen LogP contribution in [0.25, 0.3) is 0 Å². The summed E-state index contributed by atoms with van der Waals surface area (Å²) in [5.74, 6) is 1.10. The number of benzene rings is 1. The molecule has 1 N–H and O–H groups in total. The van der Waals surface area contributed by atoms with E-state index in [0.717, 1.165) is 42.1 Å². The van der Waals surface area contributed by atoms with E-state index in [2.05, 4.69) is 35.0 Å². The molecule has 0 amide bonds. The SMILES string of the molecule is CCC(Cc1ccc(Br)cc1)c1cc(O)c(C2(CC3CC3)CC=CO2)c(=O)o1. The molecule has 0 radical (unpaired) electrons. The highest BCUT2D eigenvalue weighted by atomic mass is 79.9. The third-order valence-corrected chi connectivity index (χ3v) is 6.38. The highest BCUT2D eigenvalue weighted by Gasteiger charge is 2.45. The van der Waals surface area contributed by atoms with Crippen LogP contribution in [0.1, 0.15) is 61.8 Å². The zero-order valence-electron chi connectivity index (χ0n) is 16.0. The molecule has 2 heterocycles. The van der Waals surface area contributed by atoms with Crippen LogP contribution in [0, 0.1) is 5.92 Å². The molecule has 1 saturated carbocycles. The van der Waals surface area contributed by atoms with Gasteiger partial charge in [-0.2, -0.15) is 0 Å². The summed E-state index contributed by atoms with van der Waals surface area (Å²) in [6.45, 7) is 2.06. The first-order valence-corrected chi connectivity index (χ1v) is 10.7. The monoisotopic (exact) mass is 444 g/mol. The van der Waals surface area contributed by atoms with Gasteiger partial charge < -0.3 is 14.3 Å². The molecular weight excluding hydrogens is 420 g/mol. The second kappa shape index (κ2) is 7.78. The largest absolute Gasteiger partial charge is 0.507 e. The third kappa shape index (κ3) is 3.90. The van der Waals surface area contributed by atoms with Crippen LogP contribution in [0.3, 0.4) is 0 Å². The summed E-state index contributed by atoms with van der Waals surface area (Å²) in [6.07, 6.45) is 8.75. The topological polar surface area (TPSA) is 59.7 Å². The second-order valence-electron chi connectivity index (χ2n) is 7.97. The van der Waals surface area contributed by atoms with Crippen molar-refractivity contribution in [2.24, 2.45) is 5.92 Å². The van der Waals surface area contributed by atoms with E-state index in [4.69, 9.17) is 9.15 Å². The maximum atomic E-state index is 12.9. The van der Waals surface area contributed by atoms with E-state index in [1.807, 2.05) is 18.2 Å². The Labute approximate surface area is 173 Å². The fourth-order valence-corrected chi connectivity index (χ4v) is 4.38. The van der Waals surface area contributed by atoms with Crippen LogP contribution in [0.2, 0.25) is 0 Å². The van der Waals surface area contributed by atoms with Crippen LogP contribution in [0.4, 0.5) is 0 Å². The Balaban J connectivity index is 1.64. The lowest BCUT2D eigenvalue weighted by Gasteiger charge is -2.29. The lowest BCUT2D eigenvalue weighted by molar-refractivity contribution is 0.0210. The number of halogens is 1. The molecule has 2 aromatic rings. The summed E-state index contributed by atoms with van der Waals surface area (Å²) in [6, 6.07) is 9.75. The average molecular weight is 445 g/mol. The van der Waals surface area contributed by atoms with Gasteiger partial charge >= 0.3 is 5.63 Å². The van der Waals surface area contributed by atoms with Gasteiger partial charge in [-0.05, 0) is 49.0 Å². The Bertz CT molecular complexity index is 917. The van der Waals surface area contributed by atoms with Crippen molar-refractivity contribution in [3.05, 3.63) is 74.4 Å². The van der Waals surface area contributed by atoms with Crippen LogP contribution >= 0.6 is 15.9 Å². The molecular formula is C23H25BrO4. The van der Waals surface area contributed by atoms with Crippen LogP contribution in [-0.2, 0) is 16.8 Å². The van der Waals surface area contributed by atoms with Gasteiger partial charge in [-0.15, -0.1) is 0 Å². The van der Waals surface area contributed by atoms with Crippen molar-refractivity contribution in [2.75, 3.05) is 0 Å². The Morgan fingerprint density at radius 2 is 2.04 bits per heavy atom. The Kier molecular flexibility index (Phi) is 5.37. The summed E-state index contributed by atoms with van der Waals surface area (Å²) < 4.78 is 12.6. The summed E-state index contributed by atoms with van der Waals surface area (Å²) in [4.78, 5) is 12.9. The molecule has 4 nitrogen and oxygen atoms in total. The number of aromatic hydroxyl groups is 1. The fourth-order valence-electron chi connectivity index (χ4n) is 4.12. The third-order valence-electron chi connectivity index (χ3n) is 5.85. The van der Waals surface area contributed by atoms with Crippen LogP contribution in [0.15, 0.2) is 56.4 Å². The van der Waals surface area contributed by atoms with E-state index < -0.39 is 11.2 Å².